The fourth-order valence-corrected chi connectivity index (χ4v) is 5.40. The van der Waals surface area contributed by atoms with Crippen molar-refractivity contribution in [3.05, 3.63) is 57.9 Å². The number of unbranched alkanes of at least 4 members (excludes halogenated alkanes) is 2. The summed E-state index contributed by atoms with van der Waals surface area (Å²) < 4.78 is 66.9. The lowest BCUT2D eigenvalue weighted by atomic mass is 9.89. The molecule has 2 atom stereocenters. The quantitative estimate of drug-likeness (QED) is 0.467. The van der Waals surface area contributed by atoms with Crippen LogP contribution >= 0.6 is 0 Å². The maximum Gasteiger partial charge on any atom is 0.186 e. The van der Waals surface area contributed by atoms with E-state index in [0.29, 0.717) is 23.7 Å². The van der Waals surface area contributed by atoms with Crippen molar-refractivity contribution in [3.8, 4) is 17.6 Å². The molecule has 0 aliphatic carbocycles. The van der Waals surface area contributed by atoms with Crippen LogP contribution in [0.4, 0.5) is 13.2 Å². The molecular weight excluding hydrogens is 471 g/mol. The molecule has 3 aliphatic heterocycles. The Morgan fingerprint density at radius 3 is 2.44 bits per heavy atom. The second-order valence-electron chi connectivity index (χ2n) is 10.0. The van der Waals surface area contributed by atoms with Gasteiger partial charge >= 0.3 is 0 Å². The van der Waals surface area contributed by atoms with Gasteiger partial charge in [0.15, 0.2) is 17.9 Å². The molecular formula is C28H30F3NO4. The third kappa shape index (κ3) is 4.91. The van der Waals surface area contributed by atoms with Crippen molar-refractivity contribution >= 4 is 0 Å². The van der Waals surface area contributed by atoms with E-state index in [2.05, 4.69) is 6.92 Å². The molecule has 0 N–H and O–H groups in total. The predicted molar refractivity (Wildman–Crippen MR) is 125 cm³/mol. The van der Waals surface area contributed by atoms with E-state index in [1.165, 1.54) is 25.3 Å². The first-order valence-electron chi connectivity index (χ1n) is 12.7. The topological polar surface area (TPSA) is 60.7 Å². The van der Waals surface area contributed by atoms with Crippen molar-refractivity contribution in [1.29, 1.82) is 5.26 Å². The van der Waals surface area contributed by atoms with Crippen LogP contribution in [0.15, 0.2) is 18.2 Å². The van der Waals surface area contributed by atoms with E-state index in [0.717, 1.165) is 30.2 Å². The third-order valence-electron chi connectivity index (χ3n) is 7.41. The molecule has 1 saturated heterocycles. The Kier molecular flexibility index (Phi) is 7.40. The Bertz CT molecular complexity index is 1160. The fourth-order valence-electron chi connectivity index (χ4n) is 5.40. The van der Waals surface area contributed by atoms with Gasteiger partial charge in [-0.1, -0.05) is 26.2 Å². The molecule has 8 heteroatoms. The number of hydrogen-bond donors (Lipinski definition) is 0. The van der Waals surface area contributed by atoms with Gasteiger partial charge < -0.3 is 18.9 Å². The predicted octanol–water partition coefficient (Wildman–Crippen LogP) is 5.81. The lowest BCUT2D eigenvalue weighted by Crippen LogP contribution is -2.41. The van der Waals surface area contributed by atoms with Gasteiger partial charge in [-0.15, -0.1) is 0 Å². The van der Waals surface area contributed by atoms with Crippen LogP contribution in [0.3, 0.4) is 0 Å². The summed E-state index contributed by atoms with van der Waals surface area (Å²) in [5.74, 6) is -1.69. The van der Waals surface area contributed by atoms with Gasteiger partial charge in [0.2, 0.25) is 0 Å². The number of nitrogens with zero attached hydrogens (tertiary/aromatic N) is 1. The Labute approximate surface area is 209 Å². The highest BCUT2D eigenvalue weighted by Crippen LogP contribution is 2.38. The molecule has 0 aromatic heterocycles. The number of fused-ring (bicyclic) bond motifs is 2. The van der Waals surface area contributed by atoms with Gasteiger partial charge in [0.1, 0.15) is 29.0 Å². The van der Waals surface area contributed by atoms with E-state index in [1.54, 1.807) is 12.1 Å². The van der Waals surface area contributed by atoms with Crippen LogP contribution in [-0.4, -0.2) is 32.7 Å². The standard InChI is InChI=1S/C28H30F3NO4/c1-2-3-4-5-16-6-17-8-23(29)21(10-25(17)33-12-16)20-14-35-28(36-15-20)19-7-18-9-24(30)22(11-32)26(31)27(18)34-13-19/h8-10,16,19-20,28H,2-7,12-15H2,1H3/t16-,19-,20-,28-/m1/s1. The number of nitriles is 1. The SMILES string of the molecule is CCCCC[C@H]1COc2cc([C@H]3CO[C@H]([C@H]4COc5c(cc(F)c(C#N)c5F)C4)OC3)c(F)cc2C1. The highest BCUT2D eigenvalue weighted by atomic mass is 19.1. The highest BCUT2D eigenvalue weighted by molar-refractivity contribution is 5.46. The van der Waals surface area contributed by atoms with Gasteiger partial charge in [0, 0.05) is 17.4 Å². The maximum atomic E-state index is 15.1. The van der Waals surface area contributed by atoms with Crippen LogP contribution in [-0.2, 0) is 22.3 Å². The van der Waals surface area contributed by atoms with Gasteiger partial charge in [0.05, 0.1) is 26.4 Å². The molecule has 3 aliphatic rings. The van der Waals surface area contributed by atoms with Crippen molar-refractivity contribution in [2.45, 2.75) is 57.7 Å². The molecule has 2 aromatic rings. The summed E-state index contributed by atoms with van der Waals surface area (Å²) in [5.41, 5.74) is 1.11. The highest BCUT2D eigenvalue weighted by Gasteiger charge is 2.36. The first-order valence-corrected chi connectivity index (χ1v) is 12.7. The van der Waals surface area contributed by atoms with Crippen LogP contribution in [0.25, 0.3) is 0 Å². The monoisotopic (exact) mass is 501 g/mol. The molecule has 5 nitrogen and oxygen atoms in total. The van der Waals surface area contributed by atoms with Crippen LogP contribution < -0.4 is 9.47 Å². The normalized spacial score (nSPS) is 25.2. The summed E-state index contributed by atoms with van der Waals surface area (Å²) in [6.45, 7) is 3.44. The van der Waals surface area contributed by atoms with E-state index < -0.39 is 23.5 Å². The van der Waals surface area contributed by atoms with E-state index in [-0.39, 0.29) is 49.6 Å². The average molecular weight is 502 g/mol. The van der Waals surface area contributed by atoms with Gasteiger partial charge in [-0.3, -0.25) is 0 Å². The molecule has 2 aromatic carbocycles. The zero-order valence-electron chi connectivity index (χ0n) is 20.3. The molecule has 5 rings (SSSR count). The second kappa shape index (κ2) is 10.7. The Morgan fingerprint density at radius 2 is 1.69 bits per heavy atom. The molecule has 0 bridgehead atoms. The van der Waals surface area contributed by atoms with Crippen molar-refractivity contribution < 1.29 is 32.1 Å². The number of hydrogen-bond acceptors (Lipinski definition) is 5. The van der Waals surface area contributed by atoms with Crippen molar-refractivity contribution in [2.75, 3.05) is 26.4 Å². The number of ether oxygens (including phenoxy) is 4. The molecule has 0 amide bonds. The van der Waals surface area contributed by atoms with Crippen molar-refractivity contribution in [1.82, 2.24) is 0 Å². The van der Waals surface area contributed by atoms with Crippen LogP contribution in [0.2, 0.25) is 0 Å². The minimum absolute atomic E-state index is 0.0957. The largest absolute Gasteiger partial charge is 0.493 e. The Morgan fingerprint density at radius 1 is 0.917 bits per heavy atom. The maximum absolute atomic E-state index is 15.1. The molecule has 0 radical (unpaired) electrons. The van der Waals surface area contributed by atoms with Gasteiger partial charge in [-0.25, -0.2) is 13.2 Å². The molecule has 3 heterocycles. The molecule has 0 saturated carbocycles. The van der Waals surface area contributed by atoms with Crippen LogP contribution in [0, 0.1) is 40.6 Å². The number of benzene rings is 2. The zero-order chi connectivity index (χ0) is 25.2. The average Bonchev–Trinajstić information content (AvgIpc) is 2.88. The molecule has 36 heavy (non-hydrogen) atoms. The fraction of sp³-hybridized carbons (Fsp3) is 0.536. The van der Waals surface area contributed by atoms with Crippen LogP contribution in [0.1, 0.15) is 60.8 Å². The van der Waals surface area contributed by atoms with Crippen molar-refractivity contribution in [2.24, 2.45) is 11.8 Å². The second-order valence-corrected chi connectivity index (χ2v) is 10.0. The Balaban J connectivity index is 1.21. The van der Waals surface area contributed by atoms with Gasteiger partial charge in [-0.2, -0.15) is 5.26 Å². The summed E-state index contributed by atoms with van der Waals surface area (Å²) in [7, 11) is 0. The number of halogens is 3. The summed E-state index contributed by atoms with van der Waals surface area (Å²) in [6, 6.07) is 6.03. The first-order chi connectivity index (χ1) is 17.5. The number of rotatable bonds is 6. The summed E-state index contributed by atoms with van der Waals surface area (Å²) in [4.78, 5) is 0. The lowest BCUT2D eigenvalue weighted by molar-refractivity contribution is -0.218. The zero-order valence-corrected chi connectivity index (χ0v) is 20.3. The molecule has 1 fully saturated rings. The van der Waals surface area contributed by atoms with Gasteiger partial charge in [0.25, 0.3) is 0 Å². The van der Waals surface area contributed by atoms with Gasteiger partial charge in [-0.05, 0) is 54.5 Å². The molecule has 0 spiro atoms. The molecule has 0 unspecified atom stereocenters. The third-order valence-corrected chi connectivity index (χ3v) is 7.41. The minimum Gasteiger partial charge on any atom is -0.493 e. The van der Waals surface area contributed by atoms with E-state index in [4.69, 9.17) is 24.2 Å². The van der Waals surface area contributed by atoms with Crippen molar-refractivity contribution in [3.63, 3.8) is 0 Å². The molecule has 192 valence electrons. The van der Waals surface area contributed by atoms with E-state index >= 15 is 4.39 Å². The minimum atomic E-state index is -0.978. The lowest BCUT2D eigenvalue weighted by Gasteiger charge is -2.36. The van der Waals surface area contributed by atoms with E-state index in [1.807, 2.05) is 0 Å². The Hall–Kier alpha value is -2.76. The first kappa shape index (κ1) is 24.9. The summed E-state index contributed by atoms with van der Waals surface area (Å²) >= 11 is 0. The summed E-state index contributed by atoms with van der Waals surface area (Å²) in [5, 5.41) is 8.95. The van der Waals surface area contributed by atoms with Crippen LogP contribution in [0.5, 0.6) is 11.5 Å². The van der Waals surface area contributed by atoms with E-state index in [9.17, 15) is 8.78 Å². The summed E-state index contributed by atoms with van der Waals surface area (Å²) in [6.07, 6.45) is 5.11. The smallest absolute Gasteiger partial charge is 0.186 e.